The molecule has 0 spiro atoms. The lowest BCUT2D eigenvalue weighted by molar-refractivity contribution is -0.0977. The topological polar surface area (TPSA) is 59.8 Å². The quantitative estimate of drug-likeness (QED) is 0.764. The van der Waals surface area contributed by atoms with Crippen LogP contribution in [0.25, 0.3) is 5.69 Å². The Morgan fingerprint density at radius 2 is 2.03 bits per heavy atom. The largest absolute Gasteiger partial charge is 0.497 e. The minimum absolute atomic E-state index is 0.219. The number of hydrogen-bond donors (Lipinski definition) is 0. The molecule has 3 saturated heterocycles. The Labute approximate surface area is 173 Å². The molecule has 3 fully saturated rings. The van der Waals surface area contributed by atoms with Gasteiger partial charge in [0, 0.05) is 31.6 Å². The number of halogens is 2. The molecule has 5 heterocycles. The Morgan fingerprint density at radius 1 is 1.23 bits per heavy atom. The number of amides is 1. The fourth-order valence-electron chi connectivity index (χ4n) is 4.70. The number of methoxy groups -OCH3 is 1. The molecule has 30 heavy (non-hydrogen) atoms. The zero-order valence-electron chi connectivity index (χ0n) is 16.8. The summed E-state index contributed by atoms with van der Waals surface area (Å²) in [6.07, 6.45) is 0.881. The fraction of sp³-hybridized carbons (Fsp3) is 0.524. The number of ether oxygens (including phenoxy) is 2. The van der Waals surface area contributed by atoms with Gasteiger partial charge in [0.2, 0.25) is 0 Å². The molecule has 1 aromatic heterocycles. The van der Waals surface area contributed by atoms with Crippen molar-refractivity contribution in [1.82, 2.24) is 19.6 Å². The highest BCUT2D eigenvalue weighted by atomic mass is 19.3. The molecule has 1 amide bonds. The number of rotatable bonds is 3. The maximum atomic E-state index is 14.7. The summed E-state index contributed by atoms with van der Waals surface area (Å²) < 4.78 is 41.9. The number of alkyl halides is 2. The number of aromatic nitrogens is 2. The van der Waals surface area contributed by atoms with Crippen LogP contribution in [0.15, 0.2) is 24.3 Å². The van der Waals surface area contributed by atoms with Gasteiger partial charge in [-0.1, -0.05) is 0 Å². The van der Waals surface area contributed by atoms with Gasteiger partial charge < -0.3 is 14.4 Å². The van der Waals surface area contributed by atoms with Gasteiger partial charge in [0.15, 0.2) is 5.69 Å². The van der Waals surface area contributed by atoms with Crippen molar-refractivity contribution in [2.45, 2.75) is 31.4 Å². The Hall–Kier alpha value is -2.52. The van der Waals surface area contributed by atoms with Crippen LogP contribution in [-0.4, -0.2) is 77.3 Å². The second kappa shape index (κ2) is 7.31. The lowest BCUT2D eigenvalue weighted by Crippen LogP contribution is -2.55. The van der Waals surface area contributed by atoms with Gasteiger partial charge in [-0.05, 0) is 30.7 Å². The van der Waals surface area contributed by atoms with Crippen LogP contribution in [0.1, 0.15) is 28.2 Å². The normalized spacial score (nSPS) is 25.0. The molecule has 0 N–H and O–H groups in total. The molecule has 0 saturated carbocycles. The van der Waals surface area contributed by atoms with E-state index in [2.05, 4.69) is 5.10 Å². The summed E-state index contributed by atoms with van der Waals surface area (Å²) in [6.45, 7) is 1.82. The van der Waals surface area contributed by atoms with Crippen molar-refractivity contribution in [2.75, 3.05) is 39.9 Å². The van der Waals surface area contributed by atoms with Crippen LogP contribution in [0.2, 0.25) is 0 Å². The fourth-order valence-corrected chi connectivity index (χ4v) is 4.70. The maximum Gasteiger partial charge on any atom is 0.280 e. The van der Waals surface area contributed by atoms with Crippen LogP contribution >= 0.6 is 0 Å². The van der Waals surface area contributed by atoms with Crippen molar-refractivity contribution in [3.63, 3.8) is 0 Å². The minimum atomic E-state index is -2.92. The van der Waals surface area contributed by atoms with Crippen LogP contribution in [0.5, 0.6) is 5.75 Å². The van der Waals surface area contributed by atoms with Crippen LogP contribution in [-0.2, 0) is 17.8 Å². The van der Waals surface area contributed by atoms with Crippen LogP contribution in [0.3, 0.4) is 0 Å². The second-order valence-corrected chi connectivity index (χ2v) is 8.03. The molecule has 2 aromatic rings. The number of benzene rings is 1. The second-order valence-electron chi connectivity index (χ2n) is 8.03. The smallest absolute Gasteiger partial charge is 0.280 e. The van der Waals surface area contributed by atoms with Crippen molar-refractivity contribution in [3.8, 4) is 11.4 Å². The molecule has 160 valence electrons. The summed E-state index contributed by atoms with van der Waals surface area (Å²) in [6, 6.07) is 6.30. The lowest BCUT2D eigenvalue weighted by atomic mass is 10.00. The van der Waals surface area contributed by atoms with E-state index in [0.29, 0.717) is 31.7 Å². The number of hydrogen-bond acceptors (Lipinski definition) is 5. The first kappa shape index (κ1) is 19.4. The molecule has 0 radical (unpaired) electrons. The monoisotopic (exact) mass is 418 g/mol. The van der Waals surface area contributed by atoms with Crippen molar-refractivity contribution in [1.29, 1.82) is 0 Å². The number of nitrogens with zero attached hydrogens (tertiary/aromatic N) is 4. The molecule has 4 aliphatic heterocycles. The number of carbonyl (C=O) groups excluding carboxylic acids is 1. The van der Waals surface area contributed by atoms with E-state index >= 15 is 0 Å². The molecule has 2 bridgehead atoms. The Bertz CT molecular complexity index is 960. The first-order valence-corrected chi connectivity index (χ1v) is 10.2. The van der Waals surface area contributed by atoms with Gasteiger partial charge in [0.05, 0.1) is 44.3 Å². The predicted molar refractivity (Wildman–Crippen MR) is 104 cm³/mol. The number of piperidine rings is 1. The summed E-state index contributed by atoms with van der Waals surface area (Å²) in [5.74, 6) is -2.63. The van der Waals surface area contributed by atoms with Gasteiger partial charge in [-0.2, -0.15) is 5.10 Å². The van der Waals surface area contributed by atoms with Gasteiger partial charge in [0.25, 0.3) is 11.8 Å². The van der Waals surface area contributed by atoms with E-state index in [1.54, 1.807) is 16.7 Å². The van der Waals surface area contributed by atoms with Crippen LogP contribution < -0.4 is 4.74 Å². The zero-order valence-corrected chi connectivity index (χ0v) is 16.8. The zero-order chi connectivity index (χ0) is 20.9. The highest BCUT2D eigenvalue weighted by Crippen LogP contribution is 2.35. The third-order valence-electron chi connectivity index (χ3n) is 6.27. The standard InChI is InChI=1S/C21H24F2N4O3/c1-29-15-4-2-14(3-5-15)27-17-7-11-30-12-16(17)19(24-27)20(28)26-10-9-25-8-6-18(26)21(22,23)13-25/h2-5,18H,6-13H2,1H3/t18-/m1/s1. The third kappa shape index (κ3) is 3.16. The van der Waals surface area contributed by atoms with E-state index in [9.17, 15) is 13.6 Å². The molecule has 7 nitrogen and oxygen atoms in total. The van der Waals surface area contributed by atoms with Gasteiger partial charge >= 0.3 is 0 Å². The molecular formula is C21H24F2N4O3. The Kier molecular flexibility index (Phi) is 4.74. The van der Waals surface area contributed by atoms with E-state index in [0.717, 1.165) is 17.1 Å². The lowest BCUT2D eigenvalue weighted by Gasteiger charge is -2.37. The molecule has 4 aliphatic rings. The molecule has 1 unspecified atom stereocenters. The van der Waals surface area contributed by atoms with Gasteiger partial charge in [-0.3, -0.25) is 9.69 Å². The summed E-state index contributed by atoms with van der Waals surface area (Å²) in [7, 11) is 1.60. The number of carbonyl (C=O) groups is 1. The van der Waals surface area contributed by atoms with Gasteiger partial charge in [-0.25, -0.2) is 13.5 Å². The molecular weight excluding hydrogens is 394 g/mol. The average molecular weight is 418 g/mol. The first-order chi connectivity index (χ1) is 14.5. The van der Waals surface area contributed by atoms with Gasteiger partial charge in [0.1, 0.15) is 5.75 Å². The number of fused-ring (bicyclic) bond motifs is 5. The minimum Gasteiger partial charge on any atom is -0.497 e. The Balaban J connectivity index is 1.54. The molecule has 2 atom stereocenters. The van der Waals surface area contributed by atoms with Crippen LogP contribution in [0.4, 0.5) is 8.78 Å². The van der Waals surface area contributed by atoms with E-state index < -0.39 is 17.9 Å². The van der Waals surface area contributed by atoms with E-state index in [-0.39, 0.29) is 31.8 Å². The molecule has 0 aliphatic carbocycles. The summed E-state index contributed by atoms with van der Waals surface area (Å²) >= 11 is 0. The maximum absolute atomic E-state index is 14.7. The summed E-state index contributed by atoms with van der Waals surface area (Å²) in [5, 5.41) is 4.60. The summed E-state index contributed by atoms with van der Waals surface area (Å²) in [5.41, 5.74) is 2.60. The van der Waals surface area contributed by atoms with Crippen molar-refractivity contribution in [3.05, 3.63) is 41.2 Å². The third-order valence-corrected chi connectivity index (χ3v) is 6.27. The predicted octanol–water partition coefficient (Wildman–Crippen LogP) is 2.12. The van der Waals surface area contributed by atoms with E-state index in [1.807, 2.05) is 24.3 Å². The summed E-state index contributed by atoms with van der Waals surface area (Å²) in [4.78, 5) is 16.5. The highest BCUT2D eigenvalue weighted by Gasteiger charge is 2.51. The van der Waals surface area contributed by atoms with E-state index in [4.69, 9.17) is 9.47 Å². The Morgan fingerprint density at radius 3 is 2.77 bits per heavy atom. The highest BCUT2D eigenvalue weighted by molar-refractivity contribution is 5.94. The van der Waals surface area contributed by atoms with Crippen molar-refractivity contribution in [2.24, 2.45) is 0 Å². The van der Waals surface area contributed by atoms with E-state index in [1.165, 1.54) is 4.90 Å². The molecule has 9 heteroatoms. The van der Waals surface area contributed by atoms with Gasteiger partial charge in [-0.15, -0.1) is 0 Å². The van der Waals surface area contributed by atoms with Crippen LogP contribution in [0, 0.1) is 0 Å². The van der Waals surface area contributed by atoms with Crippen molar-refractivity contribution < 1.29 is 23.0 Å². The average Bonchev–Trinajstić information content (AvgIpc) is 2.93. The van der Waals surface area contributed by atoms with Crippen molar-refractivity contribution >= 4 is 5.91 Å². The molecule has 1 aromatic carbocycles. The SMILES string of the molecule is COc1ccc(-n2nc(C(=O)N3CCN4CC[C@@H]3C(F)(F)C4)c3c2CCOC3)cc1. The molecule has 6 rings (SSSR count). The first-order valence-electron chi connectivity index (χ1n) is 10.2.